The van der Waals surface area contributed by atoms with Gasteiger partial charge < -0.3 is 20.1 Å². The molecule has 0 bridgehead atoms. The number of carbonyl (C=O) groups excluding carboxylic acids is 1. The molecule has 0 spiro atoms. The van der Waals surface area contributed by atoms with Gasteiger partial charge in [-0.1, -0.05) is 0 Å². The van der Waals surface area contributed by atoms with Crippen LogP contribution >= 0.6 is 0 Å². The van der Waals surface area contributed by atoms with Crippen molar-refractivity contribution in [3.05, 3.63) is 66.4 Å². The molecule has 0 fully saturated rings. The van der Waals surface area contributed by atoms with Crippen molar-refractivity contribution in [3.63, 3.8) is 0 Å². The number of benzene rings is 2. The number of methoxy groups -OCH3 is 1. The Kier molecular flexibility index (Phi) is 5.84. The Morgan fingerprint density at radius 2 is 1.56 bits per heavy atom. The van der Waals surface area contributed by atoms with Crippen molar-refractivity contribution in [1.82, 2.24) is 10.2 Å². The summed E-state index contributed by atoms with van der Waals surface area (Å²) < 4.78 is 10.5. The van der Waals surface area contributed by atoms with E-state index in [2.05, 4.69) is 20.8 Å². The van der Waals surface area contributed by atoms with Crippen LogP contribution < -0.4 is 20.1 Å². The van der Waals surface area contributed by atoms with Crippen molar-refractivity contribution in [2.75, 3.05) is 24.4 Å². The van der Waals surface area contributed by atoms with Crippen LogP contribution in [0, 0.1) is 0 Å². The third-order valence-electron chi connectivity index (χ3n) is 3.68. The van der Waals surface area contributed by atoms with Crippen molar-refractivity contribution in [3.8, 4) is 11.5 Å². The molecule has 3 rings (SSSR count). The summed E-state index contributed by atoms with van der Waals surface area (Å²) in [6.45, 7) is 2.56. The second-order valence-electron chi connectivity index (χ2n) is 5.57. The van der Waals surface area contributed by atoms with Crippen LogP contribution in [0.15, 0.2) is 60.7 Å². The molecular weight excluding hydrogens is 344 g/mol. The summed E-state index contributed by atoms with van der Waals surface area (Å²) in [7, 11) is 1.59. The lowest BCUT2D eigenvalue weighted by atomic mass is 10.3. The van der Waals surface area contributed by atoms with E-state index in [1.54, 1.807) is 43.5 Å². The highest BCUT2D eigenvalue weighted by molar-refractivity contribution is 6.02. The van der Waals surface area contributed by atoms with Gasteiger partial charge in [-0.15, -0.1) is 10.2 Å². The molecule has 138 valence electrons. The quantitative estimate of drug-likeness (QED) is 0.662. The fraction of sp³-hybridized carbons (Fsp3) is 0.150. The predicted octanol–water partition coefficient (Wildman–Crippen LogP) is 3.88. The molecule has 7 heteroatoms. The highest BCUT2D eigenvalue weighted by Gasteiger charge is 2.09. The summed E-state index contributed by atoms with van der Waals surface area (Å²) in [5.74, 6) is 1.73. The van der Waals surface area contributed by atoms with Crippen molar-refractivity contribution >= 4 is 23.1 Å². The first-order valence-corrected chi connectivity index (χ1v) is 8.47. The first kappa shape index (κ1) is 18.2. The van der Waals surface area contributed by atoms with E-state index >= 15 is 0 Å². The molecule has 2 aromatic carbocycles. The third-order valence-corrected chi connectivity index (χ3v) is 3.68. The fourth-order valence-corrected chi connectivity index (χ4v) is 2.34. The maximum atomic E-state index is 12.3. The molecule has 0 unspecified atom stereocenters. The topological polar surface area (TPSA) is 85.4 Å². The summed E-state index contributed by atoms with van der Waals surface area (Å²) in [5, 5.41) is 13.9. The molecule has 27 heavy (non-hydrogen) atoms. The smallest absolute Gasteiger partial charge is 0.276 e. The number of carbonyl (C=O) groups is 1. The van der Waals surface area contributed by atoms with Crippen molar-refractivity contribution in [1.29, 1.82) is 0 Å². The molecule has 3 aromatic rings. The van der Waals surface area contributed by atoms with Crippen LogP contribution in [-0.4, -0.2) is 29.8 Å². The van der Waals surface area contributed by atoms with Gasteiger partial charge in [-0.25, -0.2) is 0 Å². The van der Waals surface area contributed by atoms with Crippen molar-refractivity contribution in [2.45, 2.75) is 6.92 Å². The molecule has 0 atom stereocenters. The third kappa shape index (κ3) is 4.94. The van der Waals surface area contributed by atoms with Gasteiger partial charge in [0.25, 0.3) is 5.91 Å². The number of ether oxygens (including phenoxy) is 2. The molecule has 1 amide bonds. The zero-order chi connectivity index (χ0) is 19.1. The number of nitrogens with one attached hydrogen (secondary N) is 2. The van der Waals surface area contributed by atoms with Gasteiger partial charge in [0.05, 0.1) is 13.7 Å². The second kappa shape index (κ2) is 8.66. The minimum Gasteiger partial charge on any atom is -0.497 e. The lowest BCUT2D eigenvalue weighted by Crippen LogP contribution is -2.14. The SMILES string of the molecule is CCOc1ccc(Nc2ccc(C(=O)Nc3ccc(OC)cc3)nn2)cc1. The van der Waals surface area contributed by atoms with Crippen LogP contribution in [0.3, 0.4) is 0 Å². The molecule has 0 aliphatic rings. The predicted molar refractivity (Wildman–Crippen MR) is 104 cm³/mol. The van der Waals surface area contributed by atoms with Crippen molar-refractivity contribution < 1.29 is 14.3 Å². The summed E-state index contributed by atoms with van der Waals surface area (Å²) in [6.07, 6.45) is 0. The molecule has 0 aliphatic carbocycles. The Morgan fingerprint density at radius 3 is 2.15 bits per heavy atom. The van der Waals surface area contributed by atoms with E-state index < -0.39 is 0 Å². The largest absolute Gasteiger partial charge is 0.497 e. The maximum absolute atomic E-state index is 12.3. The maximum Gasteiger partial charge on any atom is 0.276 e. The minimum absolute atomic E-state index is 0.225. The molecule has 0 aliphatic heterocycles. The number of hydrogen-bond acceptors (Lipinski definition) is 6. The van der Waals surface area contributed by atoms with E-state index in [0.29, 0.717) is 18.1 Å². The molecular formula is C20H20N4O3. The van der Waals surface area contributed by atoms with Gasteiger partial charge in [0, 0.05) is 11.4 Å². The van der Waals surface area contributed by atoms with Gasteiger partial charge in [-0.3, -0.25) is 4.79 Å². The van der Waals surface area contributed by atoms with Crippen LogP contribution in [0.1, 0.15) is 17.4 Å². The standard InChI is InChI=1S/C20H20N4O3/c1-3-27-17-10-6-14(7-11-17)21-19-13-12-18(23-24-19)20(25)22-15-4-8-16(26-2)9-5-15/h4-13H,3H2,1-2H3,(H,21,24)(H,22,25). The number of nitrogens with zero attached hydrogens (tertiary/aromatic N) is 2. The average molecular weight is 364 g/mol. The van der Waals surface area contributed by atoms with E-state index in [1.165, 1.54) is 0 Å². The normalized spacial score (nSPS) is 10.1. The van der Waals surface area contributed by atoms with E-state index in [0.717, 1.165) is 17.2 Å². The molecule has 1 heterocycles. The fourth-order valence-electron chi connectivity index (χ4n) is 2.34. The van der Waals surface area contributed by atoms with E-state index in [9.17, 15) is 4.79 Å². The Morgan fingerprint density at radius 1 is 0.889 bits per heavy atom. The molecule has 7 nitrogen and oxygen atoms in total. The molecule has 0 saturated carbocycles. The van der Waals surface area contributed by atoms with Gasteiger partial charge in [0.15, 0.2) is 11.5 Å². The zero-order valence-corrected chi connectivity index (χ0v) is 15.1. The van der Waals surface area contributed by atoms with Gasteiger partial charge in [0.2, 0.25) is 0 Å². The van der Waals surface area contributed by atoms with Crippen LogP contribution in [0.4, 0.5) is 17.2 Å². The Hall–Kier alpha value is -3.61. The van der Waals surface area contributed by atoms with Gasteiger partial charge >= 0.3 is 0 Å². The van der Waals surface area contributed by atoms with Gasteiger partial charge in [0.1, 0.15) is 11.5 Å². The Balaban J connectivity index is 1.61. The van der Waals surface area contributed by atoms with Gasteiger partial charge in [-0.05, 0) is 67.6 Å². The number of amides is 1. The van der Waals surface area contributed by atoms with E-state index in [1.807, 2.05) is 31.2 Å². The van der Waals surface area contributed by atoms with Gasteiger partial charge in [-0.2, -0.15) is 0 Å². The van der Waals surface area contributed by atoms with Crippen molar-refractivity contribution in [2.24, 2.45) is 0 Å². The molecule has 0 radical (unpaired) electrons. The Labute approximate surface area is 157 Å². The van der Waals surface area contributed by atoms with E-state index in [4.69, 9.17) is 9.47 Å². The summed E-state index contributed by atoms with van der Waals surface area (Å²) in [4.78, 5) is 12.3. The number of aromatic nitrogens is 2. The van der Waals surface area contributed by atoms with Crippen LogP contribution in [0.5, 0.6) is 11.5 Å². The second-order valence-corrected chi connectivity index (χ2v) is 5.57. The monoisotopic (exact) mass is 364 g/mol. The van der Waals surface area contributed by atoms with Crippen LogP contribution in [-0.2, 0) is 0 Å². The minimum atomic E-state index is -0.333. The number of hydrogen-bond donors (Lipinski definition) is 2. The summed E-state index contributed by atoms with van der Waals surface area (Å²) >= 11 is 0. The Bertz CT molecular complexity index is 879. The lowest BCUT2D eigenvalue weighted by molar-refractivity contribution is 0.102. The molecule has 2 N–H and O–H groups in total. The highest BCUT2D eigenvalue weighted by Crippen LogP contribution is 2.19. The first-order chi connectivity index (χ1) is 13.2. The summed E-state index contributed by atoms with van der Waals surface area (Å²) in [6, 6.07) is 17.9. The average Bonchev–Trinajstić information content (AvgIpc) is 2.71. The number of anilines is 3. The first-order valence-electron chi connectivity index (χ1n) is 8.47. The number of rotatable bonds is 7. The molecule has 0 saturated heterocycles. The summed E-state index contributed by atoms with van der Waals surface area (Å²) in [5.41, 5.74) is 1.73. The van der Waals surface area contributed by atoms with E-state index in [-0.39, 0.29) is 11.6 Å². The zero-order valence-electron chi connectivity index (χ0n) is 15.1. The van der Waals surface area contributed by atoms with Crippen LogP contribution in [0.2, 0.25) is 0 Å². The van der Waals surface area contributed by atoms with Crippen LogP contribution in [0.25, 0.3) is 0 Å². The highest BCUT2D eigenvalue weighted by atomic mass is 16.5. The molecule has 1 aromatic heterocycles. The lowest BCUT2D eigenvalue weighted by Gasteiger charge is -2.08.